The van der Waals surface area contributed by atoms with Gasteiger partial charge in [-0.15, -0.1) is 11.3 Å². The second kappa shape index (κ2) is 3.63. The number of fused-ring (bicyclic) bond motifs is 1. The van der Waals surface area contributed by atoms with Crippen molar-refractivity contribution in [3.63, 3.8) is 0 Å². The highest BCUT2D eigenvalue weighted by Gasteiger charge is 2.09. The molecule has 0 amide bonds. The minimum Gasteiger partial charge on any atom is -0.274 e. The zero-order valence-electron chi connectivity index (χ0n) is 7.69. The summed E-state index contributed by atoms with van der Waals surface area (Å²) in [6, 6.07) is 7.78. The van der Waals surface area contributed by atoms with Gasteiger partial charge in [-0.2, -0.15) is 0 Å². The molecule has 0 unspecified atom stereocenters. The summed E-state index contributed by atoms with van der Waals surface area (Å²) in [6.07, 6.45) is 0.481. The molecule has 0 saturated carbocycles. The van der Waals surface area contributed by atoms with Crippen molar-refractivity contribution in [1.82, 2.24) is 4.57 Å². The van der Waals surface area contributed by atoms with Crippen molar-refractivity contribution in [3.05, 3.63) is 28.2 Å². The van der Waals surface area contributed by atoms with E-state index < -0.39 is 0 Å². The molecule has 1 aromatic carbocycles. The van der Waals surface area contributed by atoms with Crippen LogP contribution in [0.4, 0.5) is 0 Å². The Morgan fingerprint density at radius 2 is 2.21 bits per heavy atom. The molecule has 0 N–H and O–H groups in total. The summed E-state index contributed by atoms with van der Waals surface area (Å²) >= 11 is 6.64. The van der Waals surface area contributed by atoms with E-state index in [1.807, 2.05) is 31.2 Å². The van der Waals surface area contributed by atoms with E-state index in [1.54, 1.807) is 4.57 Å². The molecular weight excluding hydrogens is 214 g/mol. The van der Waals surface area contributed by atoms with Gasteiger partial charge in [0, 0.05) is 6.42 Å². The molecular formula is C10H9NOS2. The van der Waals surface area contributed by atoms with Crippen LogP contribution in [0.15, 0.2) is 24.3 Å². The number of hydrogen-bond donors (Lipinski definition) is 0. The fourth-order valence-electron chi connectivity index (χ4n) is 1.36. The number of rotatable bonds is 1. The standard InChI is InChI=1S/C10H9NOS2/c1-2-9(12)11-7-5-3-4-6-8(7)14-10(11)13/h3-6H,2H2,1H3. The van der Waals surface area contributed by atoms with Gasteiger partial charge < -0.3 is 0 Å². The molecule has 2 nitrogen and oxygen atoms in total. The Kier molecular flexibility index (Phi) is 2.48. The van der Waals surface area contributed by atoms with Crippen LogP contribution in [-0.4, -0.2) is 10.5 Å². The van der Waals surface area contributed by atoms with Gasteiger partial charge in [0.1, 0.15) is 0 Å². The monoisotopic (exact) mass is 223 g/mol. The molecule has 0 bridgehead atoms. The Labute approximate surface area is 90.8 Å². The Hall–Kier alpha value is -1.00. The predicted octanol–water partition coefficient (Wildman–Crippen LogP) is 3.48. The first-order valence-electron chi connectivity index (χ1n) is 4.38. The zero-order chi connectivity index (χ0) is 10.1. The third kappa shape index (κ3) is 1.40. The van der Waals surface area contributed by atoms with Gasteiger partial charge in [-0.1, -0.05) is 19.1 Å². The van der Waals surface area contributed by atoms with Crippen LogP contribution >= 0.6 is 23.6 Å². The highest BCUT2D eigenvalue weighted by Crippen LogP contribution is 2.22. The molecule has 2 aromatic rings. The molecule has 0 aliphatic carbocycles. The molecule has 0 fully saturated rings. The number of thiazole rings is 1. The van der Waals surface area contributed by atoms with Gasteiger partial charge in [0.15, 0.2) is 3.95 Å². The molecule has 0 aliphatic rings. The fraction of sp³-hybridized carbons (Fsp3) is 0.200. The molecule has 0 saturated heterocycles. The van der Waals surface area contributed by atoms with Crippen LogP contribution in [0.2, 0.25) is 0 Å². The minimum absolute atomic E-state index is 0.0625. The Morgan fingerprint density at radius 1 is 1.50 bits per heavy atom. The van der Waals surface area contributed by atoms with Crippen molar-refractivity contribution in [3.8, 4) is 0 Å². The minimum atomic E-state index is 0.0625. The summed E-state index contributed by atoms with van der Waals surface area (Å²) in [7, 11) is 0. The molecule has 0 radical (unpaired) electrons. The number of aromatic nitrogens is 1. The third-order valence-corrected chi connectivity index (χ3v) is 3.39. The average Bonchev–Trinajstić information content (AvgIpc) is 2.53. The van der Waals surface area contributed by atoms with Gasteiger partial charge in [-0.3, -0.25) is 9.36 Å². The summed E-state index contributed by atoms with van der Waals surface area (Å²) in [6.45, 7) is 1.84. The van der Waals surface area contributed by atoms with Crippen molar-refractivity contribution < 1.29 is 4.79 Å². The van der Waals surface area contributed by atoms with Gasteiger partial charge in [0.05, 0.1) is 10.2 Å². The molecule has 1 heterocycles. The van der Waals surface area contributed by atoms with Crippen molar-refractivity contribution in [1.29, 1.82) is 0 Å². The maximum Gasteiger partial charge on any atom is 0.232 e. The lowest BCUT2D eigenvalue weighted by atomic mass is 10.3. The first kappa shape index (κ1) is 9.55. The summed E-state index contributed by atoms with van der Waals surface area (Å²) in [4.78, 5) is 11.6. The van der Waals surface area contributed by atoms with Crippen LogP contribution in [0.25, 0.3) is 10.2 Å². The SMILES string of the molecule is CCC(=O)n1c(=S)sc2ccccc21. The number of benzene rings is 1. The Bertz CT molecular complexity index is 538. The number of carbonyl (C=O) groups is 1. The molecule has 1 aromatic heterocycles. The third-order valence-electron chi connectivity index (χ3n) is 2.04. The van der Waals surface area contributed by atoms with Gasteiger partial charge in [-0.05, 0) is 24.4 Å². The molecule has 2 rings (SSSR count). The summed E-state index contributed by atoms with van der Waals surface area (Å²) in [5, 5.41) is 0. The first-order chi connectivity index (χ1) is 6.74. The number of carbonyl (C=O) groups excluding carboxylic acids is 1. The first-order valence-corrected chi connectivity index (χ1v) is 5.60. The molecule has 0 atom stereocenters. The van der Waals surface area contributed by atoms with Gasteiger partial charge in [-0.25, -0.2) is 0 Å². The predicted molar refractivity (Wildman–Crippen MR) is 61.6 cm³/mol. The number of para-hydroxylation sites is 1. The van der Waals surface area contributed by atoms with Crippen molar-refractivity contribution >= 4 is 39.7 Å². The molecule has 0 aliphatic heterocycles. The zero-order valence-corrected chi connectivity index (χ0v) is 9.32. The van der Waals surface area contributed by atoms with Crippen LogP contribution < -0.4 is 0 Å². The average molecular weight is 223 g/mol. The number of hydrogen-bond acceptors (Lipinski definition) is 3. The van der Waals surface area contributed by atoms with E-state index in [-0.39, 0.29) is 5.91 Å². The highest BCUT2D eigenvalue weighted by molar-refractivity contribution is 7.73. The largest absolute Gasteiger partial charge is 0.274 e. The van der Waals surface area contributed by atoms with Crippen LogP contribution in [0.3, 0.4) is 0 Å². The fourth-order valence-corrected chi connectivity index (χ4v) is 2.72. The van der Waals surface area contributed by atoms with E-state index in [9.17, 15) is 4.79 Å². The summed E-state index contributed by atoms with van der Waals surface area (Å²) in [5.74, 6) is 0.0625. The molecule has 72 valence electrons. The van der Waals surface area contributed by atoms with Crippen molar-refractivity contribution in [2.75, 3.05) is 0 Å². The molecule has 0 spiro atoms. The quantitative estimate of drug-likeness (QED) is 0.690. The van der Waals surface area contributed by atoms with Crippen molar-refractivity contribution in [2.45, 2.75) is 13.3 Å². The second-order valence-electron chi connectivity index (χ2n) is 2.92. The Balaban J connectivity index is 2.81. The summed E-state index contributed by atoms with van der Waals surface area (Å²) in [5.41, 5.74) is 0.925. The number of nitrogens with zero attached hydrogens (tertiary/aromatic N) is 1. The van der Waals surface area contributed by atoms with E-state index in [1.165, 1.54) is 11.3 Å². The van der Waals surface area contributed by atoms with E-state index in [4.69, 9.17) is 12.2 Å². The van der Waals surface area contributed by atoms with Gasteiger partial charge >= 0.3 is 0 Å². The van der Waals surface area contributed by atoms with Crippen molar-refractivity contribution in [2.24, 2.45) is 0 Å². The topological polar surface area (TPSA) is 22.0 Å². The van der Waals surface area contributed by atoms with Gasteiger partial charge in [0.25, 0.3) is 0 Å². The van der Waals surface area contributed by atoms with E-state index >= 15 is 0 Å². The van der Waals surface area contributed by atoms with Crippen LogP contribution in [0.5, 0.6) is 0 Å². The highest BCUT2D eigenvalue weighted by atomic mass is 32.1. The molecule has 14 heavy (non-hydrogen) atoms. The smallest absolute Gasteiger partial charge is 0.232 e. The lowest BCUT2D eigenvalue weighted by Gasteiger charge is -1.99. The molecule has 4 heteroatoms. The summed E-state index contributed by atoms with van der Waals surface area (Å²) < 4.78 is 3.33. The normalized spacial score (nSPS) is 10.6. The maximum atomic E-state index is 11.6. The van der Waals surface area contributed by atoms with E-state index in [2.05, 4.69) is 0 Å². The van der Waals surface area contributed by atoms with Crippen LogP contribution in [0.1, 0.15) is 18.1 Å². The van der Waals surface area contributed by atoms with E-state index in [0.717, 1.165) is 10.2 Å². The van der Waals surface area contributed by atoms with Gasteiger partial charge in [0.2, 0.25) is 5.91 Å². The maximum absolute atomic E-state index is 11.6. The van der Waals surface area contributed by atoms with Crippen LogP contribution in [0, 0.1) is 3.95 Å². The Morgan fingerprint density at radius 3 is 2.93 bits per heavy atom. The van der Waals surface area contributed by atoms with E-state index in [0.29, 0.717) is 10.4 Å². The lowest BCUT2D eigenvalue weighted by Crippen LogP contribution is -2.07. The van der Waals surface area contributed by atoms with Crippen LogP contribution in [-0.2, 0) is 0 Å². The lowest BCUT2D eigenvalue weighted by molar-refractivity contribution is 0.0913. The second-order valence-corrected chi connectivity index (χ2v) is 4.59.